The molecule has 1 amide bonds. The second-order valence-electron chi connectivity index (χ2n) is 4.00. The molecular weight excluding hydrogens is 337 g/mol. The quantitative estimate of drug-likeness (QED) is 0.859. The summed E-state index contributed by atoms with van der Waals surface area (Å²) in [4.78, 5) is 22.6. The van der Waals surface area contributed by atoms with Gasteiger partial charge in [0.15, 0.2) is 17.5 Å². The van der Waals surface area contributed by atoms with Gasteiger partial charge in [0.05, 0.1) is 4.47 Å². The summed E-state index contributed by atoms with van der Waals surface area (Å²) < 4.78 is 23.7. The minimum Gasteiger partial charge on any atom is -0.486 e. The SMILES string of the molecule is O=C(NC(CF)C(=O)O)c1cc(Br)c2c(c1)OCCO2. The molecule has 1 heterocycles. The van der Waals surface area contributed by atoms with Gasteiger partial charge in [-0.05, 0) is 28.1 Å². The van der Waals surface area contributed by atoms with Crippen molar-refractivity contribution in [2.45, 2.75) is 6.04 Å². The van der Waals surface area contributed by atoms with Crippen molar-refractivity contribution >= 4 is 27.8 Å². The molecule has 0 saturated heterocycles. The van der Waals surface area contributed by atoms with E-state index >= 15 is 0 Å². The number of nitrogens with one attached hydrogen (secondary N) is 1. The second-order valence-corrected chi connectivity index (χ2v) is 4.86. The Hall–Kier alpha value is -1.83. The highest BCUT2D eigenvalue weighted by atomic mass is 79.9. The van der Waals surface area contributed by atoms with Gasteiger partial charge in [-0.15, -0.1) is 0 Å². The van der Waals surface area contributed by atoms with E-state index in [-0.39, 0.29) is 5.56 Å². The Morgan fingerprint density at radius 1 is 1.40 bits per heavy atom. The first kappa shape index (κ1) is 14.6. The van der Waals surface area contributed by atoms with Gasteiger partial charge in [-0.1, -0.05) is 0 Å². The monoisotopic (exact) mass is 347 g/mol. The summed E-state index contributed by atoms with van der Waals surface area (Å²) in [5.41, 5.74) is 0.154. The van der Waals surface area contributed by atoms with Crippen molar-refractivity contribution in [1.29, 1.82) is 0 Å². The van der Waals surface area contributed by atoms with Gasteiger partial charge in [-0.2, -0.15) is 0 Å². The third-order valence-corrected chi connectivity index (χ3v) is 3.21. The van der Waals surface area contributed by atoms with E-state index in [0.29, 0.717) is 29.2 Å². The van der Waals surface area contributed by atoms with Gasteiger partial charge in [0.25, 0.3) is 5.91 Å². The van der Waals surface area contributed by atoms with E-state index in [9.17, 15) is 14.0 Å². The number of ether oxygens (including phenoxy) is 2. The maximum absolute atomic E-state index is 12.5. The number of carboxylic acids is 1. The number of benzene rings is 1. The highest BCUT2D eigenvalue weighted by Gasteiger charge is 2.23. The second kappa shape index (κ2) is 6.08. The molecule has 0 fully saturated rings. The number of amides is 1. The van der Waals surface area contributed by atoms with Crippen LogP contribution < -0.4 is 14.8 Å². The molecular formula is C12H11BrFNO5. The number of fused-ring (bicyclic) bond motifs is 1. The maximum atomic E-state index is 12.5. The third-order valence-electron chi connectivity index (χ3n) is 2.62. The normalized spacial score (nSPS) is 14.5. The summed E-state index contributed by atoms with van der Waals surface area (Å²) in [5.74, 6) is -1.28. The van der Waals surface area contributed by atoms with Crippen LogP contribution in [-0.2, 0) is 4.79 Å². The highest BCUT2D eigenvalue weighted by molar-refractivity contribution is 9.10. The van der Waals surface area contributed by atoms with Gasteiger partial charge in [0.2, 0.25) is 0 Å². The molecule has 0 saturated carbocycles. The number of alkyl halides is 1. The van der Waals surface area contributed by atoms with Crippen LogP contribution in [0.5, 0.6) is 11.5 Å². The first-order chi connectivity index (χ1) is 9.52. The fourth-order valence-electron chi connectivity index (χ4n) is 1.65. The van der Waals surface area contributed by atoms with E-state index in [1.54, 1.807) is 0 Å². The molecule has 1 aliphatic heterocycles. The van der Waals surface area contributed by atoms with Crippen LogP contribution in [0, 0.1) is 0 Å². The molecule has 1 atom stereocenters. The molecule has 1 aromatic rings. The van der Waals surface area contributed by atoms with E-state index in [1.807, 2.05) is 0 Å². The molecule has 6 nitrogen and oxygen atoms in total. The van der Waals surface area contributed by atoms with Crippen LogP contribution in [0.4, 0.5) is 4.39 Å². The van der Waals surface area contributed by atoms with Crippen molar-refractivity contribution in [3.8, 4) is 11.5 Å². The lowest BCUT2D eigenvalue weighted by Gasteiger charge is -2.20. The Labute approximate surface area is 122 Å². The van der Waals surface area contributed by atoms with Crippen LogP contribution in [0.1, 0.15) is 10.4 Å². The van der Waals surface area contributed by atoms with Gasteiger partial charge in [-0.25, -0.2) is 9.18 Å². The van der Waals surface area contributed by atoms with Crippen molar-refractivity contribution in [2.24, 2.45) is 0 Å². The summed E-state index contributed by atoms with van der Waals surface area (Å²) in [5, 5.41) is 10.8. The Bertz CT molecular complexity index is 551. The summed E-state index contributed by atoms with van der Waals surface area (Å²) in [6.07, 6.45) is 0. The Kier molecular flexibility index (Phi) is 4.43. The van der Waals surface area contributed by atoms with Gasteiger partial charge in [0, 0.05) is 5.56 Å². The van der Waals surface area contributed by atoms with Gasteiger partial charge < -0.3 is 19.9 Å². The molecule has 1 aliphatic rings. The lowest BCUT2D eigenvalue weighted by Crippen LogP contribution is -2.42. The number of carboxylic acid groups (broad SMARTS) is 1. The minimum atomic E-state index is -1.57. The molecule has 0 aliphatic carbocycles. The van der Waals surface area contributed by atoms with E-state index < -0.39 is 24.6 Å². The van der Waals surface area contributed by atoms with Crippen molar-refractivity contribution < 1.29 is 28.6 Å². The van der Waals surface area contributed by atoms with E-state index in [2.05, 4.69) is 21.2 Å². The van der Waals surface area contributed by atoms with Crippen molar-refractivity contribution in [3.05, 3.63) is 22.2 Å². The van der Waals surface area contributed by atoms with Crippen molar-refractivity contribution in [3.63, 3.8) is 0 Å². The van der Waals surface area contributed by atoms with Gasteiger partial charge in [-0.3, -0.25) is 4.79 Å². The number of hydrogen-bond donors (Lipinski definition) is 2. The molecule has 8 heteroatoms. The first-order valence-corrected chi connectivity index (χ1v) is 6.51. The van der Waals surface area contributed by atoms with E-state index in [1.165, 1.54) is 12.1 Å². The van der Waals surface area contributed by atoms with Crippen molar-refractivity contribution in [2.75, 3.05) is 19.9 Å². The average Bonchev–Trinajstić information content (AvgIpc) is 2.44. The van der Waals surface area contributed by atoms with Gasteiger partial charge >= 0.3 is 5.97 Å². The Morgan fingerprint density at radius 2 is 2.10 bits per heavy atom. The van der Waals surface area contributed by atoms with Crippen LogP contribution in [-0.4, -0.2) is 42.9 Å². The van der Waals surface area contributed by atoms with Crippen LogP contribution in [0.15, 0.2) is 16.6 Å². The standard InChI is InChI=1S/C12H11BrFNO5/c13-7-3-6(4-9-10(7)20-2-1-19-9)11(16)15-8(5-14)12(17)18/h3-4,8H,1-2,5H2,(H,15,16)(H,17,18). The predicted molar refractivity (Wildman–Crippen MR) is 70.0 cm³/mol. The highest BCUT2D eigenvalue weighted by Crippen LogP contribution is 2.38. The maximum Gasteiger partial charge on any atom is 0.328 e. The fourth-order valence-corrected chi connectivity index (χ4v) is 2.21. The van der Waals surface area contributed by atoms with Crippen LogP contribution in [0.3, 0.4) is 0 Å². The number of carbonyl (C=O) groups is 2. The van der Waals surface area contributed by atoms with E-state index in [0.717, 1.165) is 0 Å². The molecule has 0 bridgehead atoms. The lowest BCUT2D eigenvalue weighted by atomic mass is 10.1. The molecule has 20 heavy (non-hydrogen) atoms. The lowest BCUT2D eigenvalue weighted by molar-refractivity contribution is -0.139. The molecule has 1 aromatic carbocycles. The molecule has 1 unspecified atom stereocenters. The number of hydrogen-bond acceptors (Lipinski definition) is 4. The van der Waals surface area contributed by atoms with E-state index in [4.69, 9.17) is 14.6 Å². The first-order valence-electron chi connectivity index (χ1n) is 5.71. The van der Waals surface area contributed by atoms with Gasteiger partial charge in [0.1, 0.15) is 19.9 Å². The van der Waals surface area contributed by atoms with Crippen molar-refractivity contribution in [1.82, 2.24) is 5.32 Å². The molecule has 108 valence electrons. The molecule has 0 spiro atoms. The fraction of sp³-hybridized carbons (Fsp3) is 0.333. The largest absolute Gasteiger partial charge is 0.486 e. The zero-order chi connectivity index (χ0) is 14.7. The number of rotatable bonds is 4. The molecule has 2 rings (SSSR count). The number of carbonyl (C=O) groups excluding carboxylic acids is 1. The average molecular weight is 348 g/mol. The molecule has 2 N–H and O–H groups in total. The Morgan fingerprint density at radius 3 is 2.75 bits per heavy atom. The zero-order valence-electron chi connectivity index (χ0n) is 10.2. The summed E-state index contributed by atoms with van der Waals surface area (Å²) in [6.45, 7) is -0.431. The zero-order valence-corrected chi connectivity index (χ0v) is 11.8. The van der Waals surface area contributed by atoms with Crippen LogP contribution in [0.2, 0.25) is 0 Å². The smallest absolute Gasteiger partial charge is 0.328 e. The summed E-state index contributed by atoms with van der Waals surface area (Å²) in [6, 6.07) is 1.31. The third kappa shape index (κ3) is 3.01. The topological polar surface area (TPSA) is 84.9 Å². The predicted octanol–water partition coefficient (Wildman–Crippen LogP) is 1.37. The number of aliphatic carboxylic acids is 1. The van der Waals surface area contributed by atoms with Crippen LogP contribution in [0.25, 0.3) is 0 Å². The summed E-state index contributed by atoms with van der Waals surface area (Å²) in [7, 11) is 0. The molecule has 0 radical (unpaired) electrons. The minimum absolute atomic E-state index is 0.154. The molecule has 0 aromatic heterocycles. The summed E-state index contributed by atoms with van der Waals surface area (Å²) >= 11 is 3.24. The Balaban J connectivity index is 2.22. The van der Waals surface area contributed by atoms with Crippen LogP contribution >= 0.6 is 15.9 Å². The number of halogens is 2.